The highest BCUT2D eigenvalue weighted by Gasteiger charge is 1.89. The minimum absolute atomic E-state index is 0.625. The van der Waals surface area contributed by atoms with E-state index in [-0.39, 0.29) is 0 Å². The molecular weight excluding hydrogens is 332 g/mol. The molecule has 0 bridgehead atoms. The SMILES string of the molecule is COc1ccc(/C=C/NC=O)cc1.COc1ccc(/C=C/NC=O)cc1. The van der Waals surface area contributed by atoms with Gasteiger partial charge < -0.3 is 20.1 Å². The number of ether oxygens (including phenoxy) is 2. The second-order valence-electron chi connectivity index (χ2n) is 4.78. The molecule has 6 nitrogen and oxygen atoms in total. The van der Waals surface area contributed by atoms with Crippen LogP contribution in [0.3, 0.4) is 0 Å². The summed E-state index contributed by atoms with van der Waals surface area (Å²) in [5.41, 5.74) is 2.02. The van der Waals surface area contributed by atoms with E-state index < -0.39 is 0 Å². The zero-order chi connectivity index (χ0) is 19.0. The Bertz CT molecular complexity index is 644. The summed E-state index contributed by atoms with van der Waals surface area (Å²) in [6.07, 6.45) is 8.01. The number of carbonyl (C=O) groups excluding carboxylic acids is 2. The summed E-state index contributed by atoms with van der Waals surface area (Å²) in [6.45, 7) is 0. The molecule has 2 amide bonds. The molecule has 0 unspecified atom stereocenters. The predicted molar refractivity (Wildman–Crippen MR) is 102 cm³/mol. The van der Waals surface area contributed by atoms with Crippen molar-refractivity contribution in [2.45, 2.75) is 0 Å². The molecule has 0 fully saturated rings. The number of amides is 2. The summed E-state index contributed by atoms with van der Waals surface area (Å²) in [5, 5.41) is 4.87. The van der Waals surface area contributed by atoms with E-state index in [0.717, 1.165) is 22.6 Å². The third-order valence-electron chi connectivity index (χ3n) is 3.11. The Balaban J connectivity index is 0.000000260. The fraction of sp³-hybridized carbons (Fsp3) is 0.100. The lowest BCUT2D eigenvalue weighted by molar-refractivity contribution is -0.109. The van der Waals surface area contributed by atoms with Gasteiger partial charge in [-0.3, -0.25) is 9.59 Å². The minimum atomic E-state index is 0.625. The van der Waals surface area contributed by atoms with E-state index in [9.17, 15) is 9.59 Å². The molecule has 0 spiro atoms. The molecule has 2 aromatic rings. The maximum atomic E-state index is 9.91. The van der Waals surface area contributed by atoms with Crippen LogP contribution >= 0.6 is 0 Å². The molecule has 2 N–H and O–H groups in total. The van der Waals surface area contributed by atoms with Gasteiger partial charge in [0.2, 0.25) is 12.8 Å². The van der Waals surface area contributed by atoms with Crippen LogP contribution in [0.1, 0.15) is 11.1 Å². The number of hydrogen-bond donors (Lipinski definition) is 2. The summed E-state index contributed by atoms with van der Waals surface area (Å²) in [5.74, 6) is 1.64. The van der Waals surface area contributed by atoms with Gasteiger partial charge in [0, 0.05) is 12.4 Å². The summed E-state index contributed by atoms with van der Waals surface area (Å²) in [4.78, 5) is 19.8. The highest BCUT2D eigenvalue weighted by molar-refractivity contribution is 5.56. The van der Waals surface area contributed by atoms with Crippen LogP contribution in [-0.4, -0.2) is 27.0 Å². The van der Waals surface area contributed by atoms with Gasteiger partial charge in [-0.05, 0) is 47.5 Å². The Morgan fingerprint density at radius 3 is 1.27 bits per heavy atom. The van der Waals surface area contributed by atoms with Crippen molar-refractivity contribution in [1.82, 2.24) is 10.6 Å². The van der Waals surface area contributed by atoms with Gasteiger partial charge in [0.15, 0.2) is 0 Å². The third-order valence-corrected chi connectivity index (χ3v) is 3.11. The van der Waals surface area contributed by atoms with Crippen molar-refractivity contribution in [3.05, 3.63) is 72.1 Å². The average molecular weight is 354 g/mol. The smallest absolute Gasteiger partial charge is 0.211 e. The van der Waals surface area contributed by atoms with E-state index >= 15 is 0 Å². The van der Waals surface area contributed by atoms with Crippen molar-refractivity contribution in [1.29, 1.82) is 0 Å². The number of hydrogen-bond acceptors (Lipinski definition) is 4. The maximum absolute atomic E-state index is 9.91. The lowest BCUT2D eigenvalue weighted by atomic mass is 10.2. The van der Waals surface area contributed by atoms with Crippen molar-refractivity contribution in [3.8, 4) is 11.5 Å². The van der Waals surface area contributed by atoms with Crippen LogP contribution in [0, 0.1) is 0 Å². The van der Waals surface area contributed by atoms with Crippen LogP contribution in [-0.2, 0) is 9.59 Å². The monoisotopic (exact) mass is 354 g/mol. The van der Waals surface area contributed by atoms with Gasteiger partial charge in [-0.1, -0.05) is 24.3 Å². The second kappa shape index (κ2) is 12.8. The summed E-state index contributed by atoms with van der Waals surface area (Å²) in [6, 6.07) is 15.1. The highest BCUT2D eigenvalue weighted by atomic mass is 16.5. The Hall–Kier alpha value is -3.54. The van der Waals surface area contributed by atoms with Gasteiger partial charge in [0.25, 0.3) is 0 Å². The van der Waals surface area contributed by atoms with Crippen molar-refractivity contribution in [3.63, 3.8) is 0 Å². The Morgan fingerprint density at radius 2 is 1.00 bits per heavy atom. The molecule has 0 saturated carbocycles. The topological polar surface area (TPSA) is 76.7 Å². The number of nitrogens with one attached hydrogen (secondary N) is 2. The van der Waals surface area contributed by atoms with Gasteiger partial charge in [-0.15, -0.1) is 0 Å². The molecule has 2 aromatic carbocycles. The standard InChI is InChI=1S/2C10H11NO2/c2*1-13-10-4-2-9(3-5-10)6-7-11-8-12/h2*2-8H,1H3,(H,11,12)/b2*7-6+. The van der Waals surface area contributed by atoms with Crippen molar-refractivity contribution in [2.75, 3.05) is 14.2 Å². The van der Waals surface area contributed by atoms with E-state index in [1.165, 1.54) is 0 Å². The lowest BCUT2D eigenvalue weighted by Crippen LogP contribution is -1.97. The average Bonchev–Trinajstić information content (AvgIpc) is 2.70. The number of carbonyl (C=O) groups is 2. The van der Waals surface area contributed by atoms with E-state index in [4.69, 9.17) is 9.47 Å². The molecule has 0 aliphatic carbocycles. The second-order valence-corrected chi connectivity index (χ2v) is 4.78. The molecule has 0 heterocycles. The van der Waals surface area contributed by atoms with Gasteiger partial charge >= 0.3 is 0 Å². The molecular formula is C20H22N2O4. The molecule has 0 atom stereocenters. The zero-order valence-electron chi connectivity index (χ0n) is 14.7. The highest BCUT2D eigenvalue weighted by Crippen LogP contribution is 2.12. The van der Waals surface area contributed by atoms with Crippen LogP contribution in [0.2, 0.25) is 0 Å². The van der Waals surface area contributed by atoms with E-state index in [1.807, 2.05) is 48.5 Å². The minimum Gasteiger partial charge on any atom is -0.497 e. The Morgan fingerprint density at radius 1 is 0.654 bits per heavy atom. The van der Waals surface area contributed by atoms with Gasteiger partial charge in [-0.25, -0.2) is 0 Å². The summed E-state index contributed by atoms with van der Waals surface area (Å²) in [7, 11) is 3.25. The number of methoxy groups -OCH3 is 2. The van der Waals surface area contributed by atoms with Gasteiger partial charge in [-0.2, -0.15) is 0 Å². The largest absolute Gasteiger partial charge is 0.497 e. The fourth-order valence-corrected chi connectivity index (χ4v) is 1.80. The van der Waals surface area contributed by atoms with Crippen molar-refractivity contribution in [2.24, 2.45) is 0 Å². The van der Waals surface area contributed by atoms with Crippen molar-refractivity contribution < 1.29 is 19.1 Å². The first kappa shape index (κ1) is 20.5. The normalized spacial score (nSPS) is 9.92. The molecule has 0 aliphatic heterocycles. The van der Waals surface area contributed by atoms with Crippen LogP contribution in [0.4, 0.5) is 0 Å². The van der Waals surface area contributed by atoms with Crippen LogP contribution < -0.4 is 20.1 Å². The van der Waals surface area contributed by atoms with Gasteiger partial charge in [0.1, 0.15) is 11.5 Å². The fourth-order valence-electron chi connectivity index (χ4n) is 1.80. The molecule has 26 heavy (non-hydrogen) atoms. The molecule has 136 valence electrons. The predicted octanol–water partition coefficient (Wildman–Crippen LogP) is 2.82. The third kappa shape index (κ3) is 8.35. The van der Waals surface area contributed by atoms with Crippen LogP contribution in [0.15, 0.2) is 60.9 Å². The molecule has 0 radical (unpaired) electrons. The summed E-state index contributed by atoms with van der Waals surface area (Å²) < 4.78 is 10.00. The number of benzene rings is 2. The van der Waals surface area contributed by atoms with E-state index in [0.29, 0.717) is 12.8 Å². The molecule has 0 aromatic heterocycles. The van der Waals surface area contributed by atoms with E-state index in [2.05, 4.69) is 10.6 Å². The molecule has 0 aliphatic rings. The molecule has 2 rings (SSSR count). The molecule has 6 heteroatoms. The Labute approximate surface area is 153 Å². The van der Waals surface area contributed by atoms with Crippen molar-refractivity contribution >= 4 is 25.0 Å². The van der Waals surface area contributed by atoms with Gasteiger partial charge in [0.05, 0.1) is 14.2 Å². The summed E-state index contributed by atoms with van der Waals surface area (Å²) >= 11 is 0. The first-order valence-corrected chi connectivity index (χ1v) is 7.74. The zero-order valence-corrected chi connectivity index (χ0v) is 14.7. The van der Waals surface area contributed by atoms with Crippen LogP contribution in [0.5, 0.6) is 11.5 Å². The first-order valence-electron chi connectivity index (χ1n) is 7.74. The Kier molecular flexibility index (Phi) is 10.1. The first-order chi connectivity index (χ1) is 12.7. The maximum Gasteiger partial charge on any atom is 0.211 e. The molecule has 0 saturated heterocycles. The quantitative estimate of drug-likeness (QED) is 0.715. The lowest BCUT2D eigenvalue weighted by Gasteiger charge is -1.98. The number of rotatable bonds is 8. The van der Waals surface area contributed by atoms with E-state index in [1.54, 1.807) is 38.8 Å². The van der Waals surface area contributed by atoms with Crippen LogP contribution in [0.25, 0.3) is 12.2 Å².